The first kappa shape index (κ1) is 14.2. The van der Waals surface area contributed by atoms with Crippen molar-refractivity contribution in [1.82, 2.24) is 0 Å². The minimum Gasteiger partial charge on any atom is -0.497 e. The average Bonchev–Trinajstić information content (AvgIpc) is 2.91. The van der Waals surface area contributed by atoms with Gasteiger partial charge in [0.2, 0.25) is 5.78 Å². The molecule has 0 heterocycles. The lowest BCUT2D eigenvalue weighted by Gasteiger charge is -2.34. The zero-order chi connectivity index (χ0) is 16.4. The summed E-state index contributed by atoms with van der Waals surface area (Å²) in [6.07, 6.45) is 4.95. The molecule has 0 saturated carbocycles. The largest absolute Gasteiger partial charge is 0.497 e. The van der Waals surface area contributed by atoms with Gasteiger partial charge in [0.25, 0.3) is 0 Å². The second-order valence-corrected chi connectivity index (χ2v) is 6.26. The van der Waals surface area contributed by atoms with E-state index in [-0.39, 0.29) is 16.9 Å². The molecule has 116 valence electrons. The number of hydrogen-bond acceptors (Lipinski definition) is 4. The first-order valence-corrected chi connectivity index (χ1v) is 7.59. The van der Waals surface area contributed by atoms with Gasteiger partial charge < -0.3 is 9.84 Å². The van der Waals surface area contributed by atoms with Gasteiger partial charge in [0, 0.05) is 16.7 Å². The van der Waals surface area contributed by atoms with Crippen LogP contribution in [-0.4, -0.2) is 29.4 Å². The van der Waals surface area contributed by atoms with Crippen molar-refractivity contribution in [2.45, 2.75) is 25.4 Å². The van der Waals surface area contributed by atoms with E-state index >= 15 is 0 Å². The van der Waals surface area contributed by atoms with E-state index in [4.69, 9.17) is 4.74 Å². The lowest BCUT2D eigenvalue weighted by atomic mass is 9.70. The summed E-state index contributed by atoms with van der Waals surface area (Å²) < 4.78 is 5.13. The van der Waals surface area contributed by atoms with E-state index in [0.717, 1.165) is 24.0 Å². The van der Waals surface area contributed by atoms with Crippen LogP contribution in [0.1, 0.15) is 40.5 Å². The van der Waals surface area contributed by atoms with Gasteiger partial charge in [-0.3, -0.25) is 9.59 Å². The Morgan fingerprint density at radius 1 is 1.17 bits per heavy atom. The van der Waals surface area contributed by atoms with Crippen molar-refractivity contribution in [1.29, 1.82) is 0 Å². The maximum atomic E-state index is 12.9. The number of ketones is 2. The predicted molar refractivity (Wildman–Crippen MR) is 84.7 cm³/mol. The Hall–Kier alpha value is -2.46. The zero-order valence-electron chi connectivity index (χ0n) is 13.0. The molecule has 1 atom stereocenters. The van der Waals surface area contributed by atoms with Crippen molar-refractivity contribution in [3.63, 3.8) is 0 Å². The van der Waals surface area contributed by atoms with Crippen LogP contribution in [0.15, 0.2) is 52.6 Å². The fourth-order valence-corrected chi connectivity index (χ4v) is 3.63. The third-order valence-corrected chi connectivity index (χ3v) is 4.96. The summed E-state index contributed by atoms with van der Waals surface area (Å²) in [6.45, 7) is 2.02. The Kier molecular flexibility index (Phi) is 2.78. The molecule has 0 radical (unpaired) electrons. The molecule has 0 fully saturated rings. The molecule has 1 unspecified atom stereocenters. The predicted octanol–water partition coefficient (Wildman–Crippen LogP) is 2.78. The zero-order valence-corrected chi connectivity index (χ0v) is 13.0. The van der Waals surface area contributed by atoms with Crippen molar-refractivity contribution in [3.8, 4) is 5.75 Å². The van der Waals surface area contributed by atoms with Gasteiger partial charge in [0.05, 0.1) is 7.11 Å². The number of methoxy groups -OCH3 is 1. The summed E-state index contributed by atoms with van der Waals surface area (Å²) in [5.74, 6) is -0.276. The van der Waals surface area contributed by atoms with Crippen molar-refractivity contribution in [2.75, 3.05) is 7.11 Å². The van der Waals surface area contributed by atoms with E-state index in [1.165, 1.54) is 18.7 Å². The van der Waals surface area contributed by atoms with Crippen LogP contribution in [0.3, 0.4) is 0 Å². The number of benzene rings is 1. The highest BCUT2D eigenvalue weighted by atomic mass is 16.5. The maximum Gasteiger partial charge on any atom is 0.204 e. The maximum absolute atomic E-state index is 12.9. The van der Waals surface area contributed by atoms with E-state index in [1.807, 2.05) is 6.92 Å². The Labute approximate surface area is 133 Å². The van der Waals surface area contributed by atoms with Crippen LogP contribution in [0.2, 0.25) is 0 Å². The second kappa shape index (κ2) is 4.52. The molecule has 3 aliphatic carbocycles. The highest BCUT2D eigenvalue weighted by Crippen LogP contribution is 2.44. The van der Waals surface area contributed by atoms with Crippen LogP contribution >= 0.6 is 0 Å². The van der Waals surface area contributed by atoms with Crippen molar-refractivity contribution < 1.29 is 19.4 Å². The third kappa shape index (κ3) is 1.75. The van der Waals surface area contributed by atoms with Crippen LogP contribution < -0.4 is 4.74 Å². The molecule has 3 aliphatic rings. The van der Waals surface area contributed by atoms with E-state index in [0.29, 0.717) is 11.3 Å². The summed E-state index contributed by atoms with van der Waals surface area (Å²) in [4.78, 5) is 25.7. The van der Waals surface area contributed by atoms with Gasteiger partial charge in [0.15, 0.2) is 11.4 Å². The monoisotopic (exact) mass is 308 g/mol. The summed E-state index contributed by atoms with van der Waals surface area (Å²) in [5.41, 5.74) is 1.95. The van der Waals surface area contributed by atoms with Crippen LogP contribution in [0, 0.1) is 0 Å². The number of fused-ring (bicyclic) bond motifs is 3. The Morgan fingerprint density at radius 2 is 1.96 bits per heavy atom. The summed E-state index contributed by atoms with van der Waals surface area (Å²) >= 11 is 0. The van der Waals surface area contributed by atoms with Crippen LogP contribution in [0.4, 0.5) is 0 Å². The molecule has 0 spiro atoms. The highest BCUT2D eigenvalue weighted by Gasteiger charge is 2.50. The standard InChI is InChI=1S/C19H16O4/c1-10-3-4-11-9-19(22)16(8-14(10)11)17(20)13-6-5-12(23-2)7-15(13)18(19)21/h5-9,22H,3-4H2,1-2H3. The Morgan fingerprint density at radius 3 is 2.70 bits per heavy atom. The van der Waals surface area contributed by atoms with Gasteiger partial charge in [-0.2, -0.15) is 0 Å². The number of rotatable bonds is 1. The fourth-order valence-electron chi connectivity index (χ4n) is 3.63. The van der Waals surface area contributed by atoms with Gasteiger partial charge in [-0.1, -0.05) is 5.57 Å². The number of hydrogen-bond donors (Lipinski definition) is 1. The molecule has 0 aliphatic heterocycles. The van der Waals surface area contributed by atoms with E-state index in [9.17, 15) is 14.7 Å². The van der Waals surface area contributed by atoms with Crippen LogP contribution in [-0.2, 0) is 0 Å². The van der Waals surface area contributed by atoms with Crippen LogP contribution in [0.25, 0.3) is 0 Å². The first-order chi connectivity index (χ1) is 11.0. The molecule has 4 rings (SSSR count). The molecule has 1 N–H and O–H groups in total. The number of aliphatic hydroxyl groups is 1. The average molecular weight is 308 g/mol. The molecular weight excluding hydrogens is 292 g/mol. The lowest BCUT2D eigenvalue weighted by molar-refractivity contribution is 0.0586. The molecule has 0 saturated heterocycles. The first-order valence-electron chi connectivity index (χ1n) is 7.59. The number of carbonyl (C=O) groups excluding carboxylic acids is 2. The van der Waals surface area contributed by atoms with Crippen molar-refractivity contribution in [2.24, 2.45) is 0 Å². The summed E-state index contributed by atoms with van der Waals surface area (Å²) in [6, 6.07) is 4.76. The van der Waals surface area contributed by atoms with E-state index < -0.39 is 11.4 Å². The number of carbonyl (C=O) groups is 2. The minimum atomic E-state index is -1.86. The van der Waals surface area contributed by atoms with E-state index in [2.05, 4.69) is 0 Å². The molecule has 0 aromatic heterocycles. The molecule has 0 amide bonds. The second-order valence-electron chi connectivity index (χ2n) is 6.26. The van der Waals surface area contributed by atoms with Crippen molar-refractivity contribution >= 4 is 11.6 Å². The van der Waals surface area contributed by atoms with Gasteiger partial charge in [0.1, 0.15) is 5.75 Å². The molecule has 4 heteroatoms. The van der Waals surface area contributed by atoms with Gasteiger partial charge in [-0.15, -0.1) is 0 Å². The van der Waals surface area contributed by atoms with E-state index in [1.54, 1.807) is 24.3 Å². The quantitative estimate of drug-likeness (QED) is 0.866. The highest BCUT2D eigenvalue weighted by molar-refractivity contribution is 6.28. The number of Topliss-reactive ketones (excluding diaryl/α,β-unsaturated/α-hetero) is 2. The number of ether oxygens (including phenoxy) is 1. The molecule has 4 nitrogen and oxygen atoms in total. The fraction of sp³-hybridized carbons (Fsp3) is 0.263. The van der Waals surface area contributed by atoms with Gasteiger partial charge in [-0.05, 0) is 61.3 Å². The minimum absolute atomic E-state index is 0.153. The molecule has 1 aromatic carbocycles. The normalized spacial score (nSPS) is 25.5. The summed E-state index contributed by atoms with van der Waals surface area (Å²) in [7, 11) is 1.50. The topological polar surface area (TPSA) is 63.6 Å². The van der Waals surface area contributed by atoms with Gasteiger partial charge >= 0.3 is 0 Å². The number of allylic oxidation sites excluding steroid dienone is 4. The SMILES string of the molecule is COc1ccc2c(c1)C(=O)C1(O)C=C3CCC(C)=C3C=C1C2=O. The molecule has 23 heavy (non-hydrogen) atoms. The molecule has 0 bridgehead atoms. The lowest BCUT2D eigenvalue weighted by Crippen LogP contribution is -2.47. The Bertz CT molecular complexity index is 869. The molecular formula is C19H16O4. The smallest absolute Gasteiger partial charge is 0.204 e. The van der Waals surface area contributed by atoms with Gasteiger partial charge in [-0.25, -0.2) is 0 Å². The van der Waals surface area contributed by atoms with Crippen LogP contribution in [0.5, 0.6) is 5.75 Å². The van der Waals surface area contributed by atoms with Crippen molar-refractivity contribution in [3.05, 3.63) is 63.8 Å². The summed E-state index contributed by atoms with van der Waals surface area (Å²) in [5, 5.41) is 11.0. The Balaban J connectivity index is 1.97. The molecule has 1 aromatic rings. The third-order valence-electron chi connectivity index (χ3n) is 4.96.